The molecule has 3 heterocycles. The number of benzene rings is 1. The number of fused-ring (bicyclic) bond motifs is 1. The number of nitrogens with two attached hydrogens (primary N) is 1. The van der Waals surface area contributed by atoms with Crippen LogP contribution in [0.3, 0.4) is 0 Å². The van der Waals surface area contributed by atoms with Crippen LogP contribution in [-0.2, 0) is 23.4 Å². The maximum atomic E-state index is 13.6. The Morgan fingerprint density at radius 2 is 2.03 bits per heavy atom. The third kappa shape index (κ3) is 6.00. The van der Waals surface area contributed by atoms with E-state index in [1.165, 1.54) is 19.6 Å². The summed E-state index contributed by atoms with van der Waals surface area (Å²) in [7, 11) is -4.10. The highest BCUT2D eigenvalue weighted by Crippen LogP contribution is 2.46. The highest BCUT2D eigenvalue weighted by molar-refractivity contribution is 7.52. The zero-order chi connectivity index (χ0) is 25.9. The number of para-hydroxylation sites is 1. The van der Waals surface area contributed by atoms with Gasteiger partial charge in [-0.1, -0.05) is 18.2 Å². The van der Waals surface area contributed by atoms with E-state index in [4.69, 9.17) is 24.3 Å². The van der Waals surface area contributed by atoms with Crippen LogP contribution in [0.5, 0.6) is 5.75 Å². The summed E-state index contributed by atoms with van der Waals surface area (Å²) in [6.45, 7) is 4.62. The maximum Gasteiger partial charge on any atom is 0.459 e. The summed E-state index contributed by atoms with van der Waals surface area (Å²) in [6.07, 6.45) is 0.266. The number of carbonyl (C=O) groups is 1. The third-order valence-electron chi connectivity index (χ3n) is 5.34. The summed E-state index contributed by atoms with van der Waals surface area (Å²) in [5.74, 6) is -0.117. The van der Waals surface area contributed by atoms with Crippen molar-refractivity contribution < 1.29 is 33.0 Å². The van der Waals surface area contributed by atoms with Gasteiger partial charge in [0.25, 0.3) is 0 Å². The lowest BCUT2D eigenvalue weighted by Gasteiger charge is -2.25. The Bertz CT molecular complexity index is 1240. The van der Waals surface area contributed by atoms with Gasteiger partial charge >= 0.3 is 13.7 Å². The van der Waals surface area contributed by atoms with E-state index in [0.29, 0.717) is 11.2 Å². The number of imidazole rings is 1. The standard InChI is InChI=1S/C22H29N6O7P/c1-13(2)33-22(30)14(3)27-36(31,35-15-7-5-4-6-8-15)32-10-17-16(29)9-18(34-17)28-12-26-19-20(23)24-11-25-21(19)28/h4-8,11-14,16-18,29H,9-10H2,1-3H3,(H,27,31)(H2,23,24,25)/t14-,16?,17+,18+,36?/m0/s1. The van der Waals surface area contributed by atoms with E-state index in [0.717, 1.165) is 0 Å². The van der Waals surface area contributed by atoms with Crippen molar-refractivity contribution in [3.05, 3.63) is 43.0 Å². The van der Waals surface area contributed by atoms with Crippen LogP contribution in [-0.4, -0.2) is 61.6 Å². The van der Waals surface area contributed by atoms with E-state index >= 15 is 0 Å². The molecule has 0 amide bonds. The molecule has 3 aromatic rings. The van der Waals surface area contributed by atoms with Crippen molar-refractivity contribution in [1.29, 1.82) is 0 Å². The van der Waals surface area contributed by atoms with Crippen LogP contribution >= 0.6 is 7.75 Å². The second-order valence-electron chi connectivity index (χ2n) is 8.55. The molecule has 0 saturated carbocycles. The number of aliphatic hydroxyl groups excluding tert-OH is 1. The maximum absolute atomic E-state index is 13.6. The van der Waals surface area contributed by atoms with Gasteiger partial charge < -0.3 is 24.8 Å². The summed E-state index contributed by atoms with van der Waals surface area (Å²) >= 11 is 0. The number of rotatable bonds is 10. The summed E-state index contributed by atoms with van der Waals surface area (Å²) < 4.78 is 37.7. The number of ether oxygens (including phenoxy) is 2. The van der Waals surface area contributed by atoms with Crippen molar-refractivity contribution in [1.82, 2.24) is 24.6 Å². The first-order valence-electron chi connectivity index (χ1n) is 11.4. The number of aromatic nitrogens is 4. The first kappa shape index (κ1) is 26.0. The van der Waals surface area contributed by atoms with Crippen molar-refractivity contribution in [3.63, 3.8) is 0 Å². The minimum Gasteiger partial charge on any atom is -0.462 e. The Labute approximate surface area is 207 Å². The minimum atomic E-state index is -4.10. The van der Waals surface area contributed by atoms with E-state index in [1.807, 2.05) is 0 Å². The molecule has 0 aliphatic carbocycles. The molecule has 1 fully saturated rings. The number of hydrogen-bond donors (Lipinski definition) is 3. The molecular weight excluding hydrogens is 491 g/mol. The average molecular weight is 520 g/mol. The van der Waals surface area contributed by atoms with Gasteiger partial charge in [-0.25, -0.2) is 19.5 Å². The zero-order valence-electron chi connectivity index (χ0n) is 20.1. The molecule has 1 aliphatic heterocycles. The van der Waals surface area contributed by atoms with E-state index in [9.17, 15) is 14.5 Å². The smallest absolute Gasteiger partial charge is 0.459 e. The van der Waals surface area contributed by atoms with Gasteiger partial charge in [-0.05, 0) is 32.9 Å². The Morgan fingerprint density at radius 3 is 2.75 bits per heavy atom. The lowest BCUT2D eigenvalue weighted by atomic mass is 10.2. The molecule has 14 heteroatoms. The van der Waals surface area contributed by atoms with Crippen LogP contribution in [0.4, 0.5) is 5.82 Å². The Morgan fingerprint density at radius 1 is 1.28 bits per heavy atom. The third-order valence-corrected chi connectivity index (χ3v) is 6.98. The Balaban J connectivity index is 1.46. The number of nitrogens with one attached hydrogen (secondary N) is 1. The number of anilines is 1. The topological polar surface area (TPSA) is 173 Å². The molecular formula is C22H29N6O7P. The van der Waals surface area contributed by atoms with Crippen LogP contribution in [0.1, 0.15) is 33.4 Å². The number of hydrogen-bond acceptors (Lipinski definition) is 11. The number of esters is 1. The van der Waals surface area contributed by atoms with Crippen LogP contribution in [0.2, 0.25) is 0 Å². The van der Waals surface area contributed by atoms with Gasteiger partial charge in [0, 0.05) is 6.42 Å². The number of aliphatic hydroxyl groups is 1. The summed E-state index contributed by atoms with van der Waals surface area (Å²) in [4.78, 5) is 24.6. The number of carbonyl (C=O) groups excluding carboxylic acids is 1. The van der Waals surface area contributed by atoms with Crippen molar-refractivity contribution in [3.8, 4) is 5.75 Å². The van der Waals surface area contributed by atoms with Gasteiger partial charge in [0.2, 0.25) is 0 Å². The fourth-order valence-corrected chi connectivity index (χ4v) is 5.12. The molecule has 0 spiro atoms. The van der Waals surface area contributed by atoms with Gasteiger partial charge in [0.05, 0.1) is 25.1 Å². The van der Waals surface area contributed by atoms with Gasteiger partial charge in [-0.3, -0.25) is 13.9 Å². The molecule has 194 valence electrons. The minimum absolute atomic E-state index is 0.206. The molecule has 4 N–H and O–H groups in total. The van der Waals surface area contributed by atoms with Crippen molar-refractivity contribution in [2.24, 2.45) is 0 Å². The highest BCUT2D eigenvalue weighted by Gasteiger charge is 2.39. The van der Waals surface area contributed by atoms with Crippen LogP contribution in [0.25, 0.3) is 11.2 Å². The summed E-state index contributed by atoms with van der Waals surface area (Å²) in [6, 6.07) is 7.39. The lowest BCUT2D eigenvalue weighted by Crippen LogP contribution is -2.37. The number of nitrogens with zero attached hydrogens (tertiary/aromatic N) is 4. The molecule has 13 nitrogen and oxygen atoms in total. The fourth-order valence-electron chi connectivity index (χ4n) is 3.62. The summed E-state index contributed by atoms with van der Waals surface area (Å²) in [5.41, 5.74) is 6.72. The van der Waals surface area contributed by atoms with Crippen molar-refractivity contribution in [2.45, 2.75) is 57.8 Å². The molecule has 1 saturated heterocycles. The normalized spacial score (nSPS) is 22.4. The largest absolute Gasteiger partial charge is 0.462 e. The highest BCUT2D eigenvalue weighted by atomic mass is 31.2. The molecule has 1 aliphatic rings. The average Bonchev–Trinajstić information content (AvgIpc) is 3.42. The van der Waals surface area contributed by atoms with Gasteiger partial charge in [0.15, 0.2) is 11.5 Å². The van der Waals surface area contributed by atoms with E-state index < -0.39 is 38.2 Å². The monoisotopic (exact) mass is 520 g/mol. The molecule has 4 rings (SSSR count). The molecule has 2 unspecified atom stereocenters. The number of nitrogen functional groups attached to an aromatic ring is 1. The quantitative estimate of drug-likeness (QED) is 0.263. The summed E-state index contributed by atoms with van der Waals surface area (Å²) in [5, 5.41) is 13.2. The van der Waals surface area contributed by atoms with Crippen molar-refractivity contribution in [2.75, 3.05) is 12.3 Å². The van der Waals surface area contributed by atoms with E-state index in [2.05, 4.69) is 20.0 Å². The lowest BCUT2D eigenvalue weighted by molar-refractivity contribution is -0.149. The predicted molar refractivity (Wildman–Crippen MR) is 129 cm³/mol. The van der Waals surface area contributed by atoms with Gasteiger partial charge in [-0.15, -0.1) is 0 Å². The zero-order valence-corrected chi connectivity index (χ0v) is 20.9. The van der Waals surface area contributed by atoms with Crippen LogP contribution < -0.4 is 15.3 Å². The van der Waals surface area contributed by atoms with E-state index in [-0.39, 0.29) is 30.7 Å². The van der Waals surface area contributed by atoms with Gasteiger partial charge in [0.1, 0.15) is 36.0 Å². The second-order valence-corrected chi connectivity index (χ2v) is 10.2. The van der Waals surface area contributed by atoms with Crippen LogP contribution in [0, 0.1) is 0 Å². The van der Waals surface area contributed by atoms with Crippen molar-refractivity contribution >= 4 is 30.7 Å². The van der Waals surface area contributed by atoms with E-state index in [1.54, 1.807) is 48.7 Å². The Kier molecular flexibility index (Phi) is 7.86. The Hall–Kier alpha value is -3.09. The molecule has 1 aromatic carbocycles. The molecule has 0 radical (unpaired) electrons. The first-order valence-corrected chi connectivity index (χ1v) is 12.9. The predicted octanol–water partition coefficient (Wildman–Crippen LogP) is 2.19. The second kappa shape index (κ2) is 10.9. The molecule has 36 heavy (non-hydrogen) atoms. The van der Waals surface area contributed by atoms with Gasteiger partial charge in [-0.2, -0.15) is 5.09 Å². The van der Waals surface area contributed by atoms with Crippen LogP contribution in [0.15, 0.2) is 43.0 Å². The fraction of sp³-hybridized carbons (Fsp3) is 0.455. The molecule has 5 atom stereocenters. The first-order chi connectivity index (χ1) is 17.1. The molecule has 2 aromatic heterocycles. The SMILES string of the molecule is CC(C)OC(=O)[C@H](C)NP(=O)(OC[C@H]1O[C@@H](n2cnc3c(N)ncnc32)CC1O)Oc1ccccc1. The molecule has 0 bridgehead atoms.